The Morgan fingerprint density at radius 2 is 1.90 bits per heavy atom. The molecule has 4 heteroatoms. The van der Waals surface area contributed by atoms with E-state index in [0.717, 1.165) is 35.8 Å². The third kappa shape index (κ3) is 3.00. The summed E-state index contributed by atoms with van der Waals surface area (Å²) in [5, 5.41) is 4.16. The molecule has 0 saturated heterocycles. The lowest BCUT2D eigenvalue weighted by atomic mass is 9.89. The van der Waals surface area contributed by atoms with Gasteiger partial charge in [0.2, 0.25) is 5.89 Å². The molecule has 2 aromatic rings. The van der Waals surface area contributed by atoms with E-state index in [0.29, 0.717) is 5.92 Å². The maximum Gasteiger partial charge on any atom is 0.226 e. The molecule has 1 fully saturated rings. The van der Waals surface area contributed by atoms with Crippen molar-refractivity contribution in [3.8, 4) is 0 Å². The molecule has 4 nitrogen and oxygen atoms in total. The number of nitrogens with zero attached hydrogens (tertiary/aromatic N) is 2. The highest BCUT2D eigenvalue weighted by Gasteiger charge is 2.20. The number of aryl methyl sites for hydroxylation is 2. The van der Waals surface area contributed by atoms with Crippen molar-refractivity contribution >= 4 is 5.69 Å². The van der Waals surface area contributed by atoms with E-state index >= 15 is 0 Å². The zero-order valence-corrected chi connectivity index (χ0v) is 11.7. The second kappa shape index (κ2) is 6.07. The minimum absolute atomic E-state index is 0.503. The number of anilines is 1. The van der Waals surface area contributed by atoms with E-state index in [1.54, 1.807) is 0 Å². The molecule has 0 bridgehead atoms. The minimum Gasteiger partial charge on any atom is -0.399 e. The Balaban J connectivity index is 1.61. The van der Waals surface area contributed by atoms with E-state index in [9.17, 15) is 0 Å². The second-order valence-corrected chi connectivity index (χ2v) is 5.58. The highest BCUT2D eigenvalue weighted by Crippen LogP contribution is 2.30. The van der Waals surface area contributed by atoms with Crippen LogP contribution in [0.25, 0.3) is 0 Å². The van der Waals surface area contributed by atoms with Crippen molar-refractivity contribution in [1.29, 1.82) is 0 Å². The Bertz CT molecular complexity index is 558. The predicted octanol–water partition coefficient (Wildman–Crippen LogP) is 3.48. The molecule has 0 spiro atoms. The molecule has 1 saturated carbocycles. The summed E-state index contributed by atoms with van der Waals surface area (Å²) in [6.07, 6.45) is 7.92. The highest BCUT2D eigenvalue weighted by atomic mass is 16.5. The van der Waals surface area contributed by atoms with Crippen LogP contribution in [0.2, 0.25) is 0 Å². The van der Waals surface area contributed by atoms with Crippen molar-refractivity contribution < 1.29 is 4.52 Å². The number of rotatable bonds is 4. The average Bonchev–Trinajstić information content (AvgIpc) is 2.96. The molecular formula is C16H21N3O. The third-order valence-corrected chi connectivity index (χ3v) is 4.12. The van der Waals surface area contributed by atoms with Gasteiger partial charge >= 0.3 is 0 Å². The quantitative estimate of drug-likeness (QED) is 0.864. The van der Waals surface area contributed by atoms with Gasteiger partial charge in [-0.3, -0.25) is 0 Å². The van der Waals surface area contributed by atoms with Crippen LogP contribution in [0.3, 0.4) is 0 Å². The number of nitrogens with two attached hydrogens (primary N) is 1. The predicted molar refractivity (Wildman–Crippen MR) is 78.4 cm³/mol. The molecule has 1 heterocycles. The van der Waals surface area contributed by atoms with Crippen molar-refractivity contribution in [2.24, 2.45) is 0 Å². The molecule has 106 valence electrons. The lowest BCUT2D eigenvalue weighted by Gasteiger charge is -2.17. The first-order valence-electron chi connectivity index (χ1n) is 7.49. The van der Waals surface area contributed by atoms with E-state index in [2.05, 4.69) is 10.1 Å². The van der Waals surface area contributed by atoms with Crippen molar-refractivity contribution in [1.82, 2.24) is 10.1 Å². The van der Waals surface area contributed by atoms with Crippen molar-refractivity contribution in [2.45, 2.75) is 50.9 Å². The van der Waals surface area contributed by atoms with E-state index in [1.165, 1.54) is 32.1 Å². The number of aromatic nitrogens is 2. The molecule has 2 N–H and O–H groups in total. The highest BCUT2D eigenvalue weighted by molar-refractivity contribution is 5.46. The van der Waals surface area contributed by atoms with E-state index in [-0.39, 0.29) is 0 Å². The third-order valence-electron chi connectivity index (χ3n) is 4.12. The standard InChI is InChI=1S/C16H21N3O/c17-14-9-5-4-6-12(14)10-11-15-18-16(19-20-15)13-7-2-1-3-8-13/h4-6,9,13H,1-3,7-8,10-11,17H2. The van der Waals surface area contributed by atoms with Gasteiger partial charge in [0.1, 0.15) is 0 Å². The zero-order valence-electron chi connectivity index (χ0n) is 11.7. The fourth-order valence-electron chi connectivity index (χ4n) is 2.90. The Labute approximate surface area is 119 Å². The number of benzene rings is 1. The van der Waals surface area contributed by atoms with Crippen LogP contribution in [0, 0.1) is 0 Å². The van der Waals surface area contributed by atoms with Gasteiger partial charge in [-0.2, -0.15) is 4.98 Å². The number of para-hydroxylation sites is 1. The van der Waals surface area contributed by atoms with Crippen LogP contribution < -0.4 is 5.73 Å². The second-order valence-electron chi connectivity index (χ2n) is 5.58. The van der Waals surface area contributed by atoms with Crippen LogP contribution in [0.15, 0.2) is 28.8 Å². The SMILES string of the molecule is Nc1ccccc1CCc1nc(C2CCCCC2)no1. The first-order chi connectivity index (χ1) is 9.83. The molecule has 0 amide bonds. The summed E-state index contributed by atoms with van der Waals surface area (Å²) in [5.74, 6) is 2.14. The fraction of sp³-hybridized carbons (Fsp3) is 0.500. The van der Waals surface area contributed by atoms with Crippen LogP contribution in [-0.2, 0) is 12.8 Å². The normalized spacial score (nSPS) is 16.4. The van der Waals surface area contributed by atoms with Crippen LogP contribution in [-0.4, -0.2) is 10.1 Å². The summed E-state index contributed by atoms with van der Waals surface area (Å²) in [4.78, 5) is 4.56. The molecule has 0 aliphatic heterocycles. The van der Waals surface area contributed by atoms with Gasteiger partial charge in [-0.25, -0.2) is 0 Å². The van der Waals surface area contributed by atoms with Gasteiger partial charge in [-0.15, -0.1) is 0 Å². The van der Waals surface area contributed by atoms with E-state index < -0.39 is 0 Å². The van der Waals surface area contributed by atoms with Crippen LogP contribution in [0.4, 0.5) is 5.69 Å². The van der Waals surface area contributed by atoms with Gasteiger partial charge in [0.05, 0.1) is 0 Å². The summed E-state index contributed by atoms with van der Waals surface area (Å²) in [6, 6.07) is 7.93. The van der Waals surface area contributed by atoms with Gasteiger partial charge in [0.25, 0.3) is 0 Å². The Morgan fingerprint density at radius 3 is 2.70 bits per heavy atom. The molecule has 0 radical (unpaired) electrons. The molecule has 0 unspecified atom stereocenters. The number of nitrogen functional groups attached to an aromatic ring is 1. The summed E-state index contributed by atoms with van der Waals surface area (Å²) in [7, 11) is 0. The van der Waals surface area contributed by atoms with Crippen LogP contribution >= 0.6 is 0 Å². The first-order valence-corrected chi connectivity index (χ1v) is 7.49. The maximum atomic E-state index is 5.94. The summed E-state index contributed by atoms with van der Waals surface area (Å²) in [6.45, 7) is 0. The van der Waals surface area contributed by atoms with Crippen molar-refractivity contribution in [3.05, 3.63) is 41.5 Å². The van der Waals surface area contributed by atoms with Gasteiger partial charge in [-0.1, -0.05) is 42.6 Å². The lowest BCUT2D eigenvalue weighted by molar-refractivity contribution is 0.358. The molecule has 0 atom stereocenters. The minimum atomic E-state index is 0.503. The molecule has 1 aromatic carbocycles. The van der Waals surface area contributed by atoms with Crippen molar-refractivity contribution in [2.75, 3.05) is 5.73 Å². The number of hydrogen-bond donors (Lipinski definition) is 1. The van der Waals surface area contributed by atoms with E-state index in [4.69, 9.17) is 10.3 Å². The Hall–Kier alpha value is -1.84. The maximum absolute atomic E-state index is 5.94. The molecule has 1 aliphatic rings. The molecule has 3 rings (SSSR count). The average molecular weight is 271 g/mol. The largest absolute Gasteiger partial charge is 0.399 e. The Kier molecular flexibility index (Phi) is 4.00. The molecule has 1 aromatic heterocycles. The topological polar surface area (TPSA) is 64.9 Å². The zero-order chi connectivity index (χ0) is 13.8. The summed E-state index contributed by atoms with van der Waals surface area (Å²) < 4.78 is 5.38. The smallest absolute Gasteiger partial charge is 0.226 e. The monoisotopic (exact) mass is 271 g/mol. The van der Waals surface area contributed by atoms with Gasteiger partial charge in [-0.05, 0) is 30.9 Å². The van der Waals surface area contributed by atoms with Gasteiger partial charge in [0.15, 0.2) is 5.82 Å². The molecule has 1 aliphatic carbocycles. The summed E-state index contributed by atoms with van der Waals surface area (Å²) >= 11 is 0. The number of hydrogen-bond acceptors (Lipinski definition) is 4. The molecular weight excluding hydrogens is 250 g/mol. The Morgan fingerprint density at radius 1 is 1.10 bits per heavy atom. The van der Waals surface area contributed by atoms with Gasteiger partial charge in [0, 0.05) is 18.0 Å². The van der Waals surface area contributed by atoms with E-state index in [1.807, 2.05) is 24.3 Å². The first kappa shape index (κ1) is 13.2. The van der Waals surface area contributed by atoms with Gasteiger partial charge < -0.3 is 10.3 Å². The van der Waals surface area contributed by atoms with Crippen LogP contribution in [0.1, 0.15) is 55.3 Å². The molecule has 20 heavy (non-hydrogen) atoms. The summed E-state index contributed by atoms with van der Waals surface area (Å²) in [5.41, 5.74) is 7.92. The van der Waals surface area contributed by atoms with Crippen LogP contribution in [0.5, 0.6) is 0 Å². The lowest BCUT2D eigenvalue weighted by Crippen LogP contribution is -2.06. The van der Waals surface area contributed by atoms with Crippen molar-refractivity contribution in [3.63, 3.8) is 0 Å². The fourth-order valence-corrected chi connectivity index (χ4v) is 2.90.